The fourth-order valence-corrected chi connectivity index (χ4v) is 1.67. The molecule has 2 rings (SSSR count). The van der Waals surface area contributed by atoms with Gasteiger partial charge in [0.15, 0.2) is 0 Å². The van der Waals surface area contributed by atoms with Crippen LogP contribution in [0.15, 0.2) is 18.5 Å². The van der Waals surface area contributed by atoms with Gasteiger partial charge >= 0.3 is 5.97 Å². The third-order valence-electron chi connectivity index (χ3n) is 2.86. The average Bonchev–Trinajstić information content (AvgIpc) is 2.16. The fraction of sp³-hybridized carbons (Fsp3) is 0.455. The van der Waals surface area contributed by atoms with E-state index in [0.29, 0.717) is 11.6 Å². The second-order valence-electron chi connectivity index (χ2n) is 3.90. The first-order chi connectivity index (χ1) is 7.27. The van der Waals surface area contributed by atoms with Gasteiger partial charge < -0.3 is 10.4 Å². The van der Waals surface area contributed by atoms with E-state index in [9.17, 15) is 4.79 Å². The van der Waals surface area contributed by atoms with E-state index in [1.807, 2.05) is 0 Å². The Labute approximate surface area is 88.3 Å². The van der Waals surface area contributed by atoms with Gasteiger partial charge in [0.25, 0.3) is 0 Å². The van der Waals surface area contributed by atoms with Crippen LogP contribution >= 0.6 is 0 Å². The Bertz CT molecular complexity index is 361. The van der Waals surface area contributed by atoms with E-state index in [-0.39, 0.29) is 5.56 Å². The third kappa shape index (κ3) is 2.26. The topological polar surface area (TPSA) is 62.2 Å². The van der Waals surface area contributed by atoms with Gasteiger partial charge in [0.05, 0.1) is 5.69 Å². The largest absolute Gasteiger partial charge is 0.478 e. The van der Waals surface area contributed by atoms with Crippen LogP contribution in [0.4, 0.5) is 5.69 Å². The number of carbonyl (C=O) groups is 1. The Morgan fingerprint density at radius 1 is 1.60 bits per heavy atom. The molecule has 15 heavy (non-hydrogen) atoms. The van der Waals surface area contributed by atoms with E-state index >= 15 is 0 Å². The van der Waals surface area contributed by atoms with Gasteiger partial charge in [-0.25, -0.2) is 4.79 Å². The summed E-state index contributed by atoms with van der Waals surface area (Å²) in [5.41, 5.74) is 0.918. The SMILES string of the molecule is O=C(O)c1cnccc1NCC1CCC1. The molecule has 1 saturated carbocycles. The third-order valence-corrected chi connectivity index (χ3v) is 2.86. The van der Waals surface area contributed by atoms with Crippen molar-refractivity contribution in [1.29, 1.82) is 0 Å². The maximum Gasteiger partial charge on any atom is 0.339 e. The van der Waals surface area contributed by atoms with Crippen LogP contribution in [0.5, 0.6) is 0 Å². The number of hydrogen-bond donors (Lipinski definition) is 2. The summed E-state index contributed by atoms with van der Waals surface area (Å²) in [6.45, 7) is 0.865. The number of aromatic nitrogens is 1. The molecular weight excluding hydrogens is 192 g/mol. The summed E-state index contributed by atoms with van der Waals surface area (Å²) in [6, 6.07) is 1.71. The summed E-state index contributed by atoms with van der Waals surface area (Å²) in [5.74, 6) is -0.223. The van der Waals surface area contributed by atoms with E-state index < -0.39 is 5.97 Å². The summed E-state index contributed by atoms with van der Waals surface area (Å²) >= 11 is 0. The highest BCUT2D eigenvalue weighted by Gasteiger charge is 2.18. The highest BCUT2D eigenvalue weighted by atomic mass is 16.4. The summed E-state index contributed by atoms with van der Waals surface area (Å²) < 4.78 is 0. The van der Waals surface area contributed by atoms with Gasteiger partial charge in [0, 0.05) is 18.9 Å². The number of carboxylic acid groups (broad SMARTS) is 1. The monoisotopic (exact) mass is 206 g/mol. The highest BCUT2D eigenvalue weighted by molar-refractivity contribution is 5.93. The summed E-state index contributed by atoms with van der Waals surface area (Å²) in [6.07, 6.45) is 6.79. The van der Waals surface area contributed by atoms with Crippen LogP contribution in [-0.4, -0.2) is 22.6 Å². The molecule has 0 spiro atoms. The number of carboxylic acids is 1. The Morgan fingerprint density at radius 3 is 3.00 bits per heavy atom. The molecule has 0 unspecified atom stereocenters. The van der Waals surface area contributed by atoms with Crippen LogP contribution in [0.1, 0.15) is 29.6 Å². The maximum atomic E-state index is 10.9. The van der Waals surface area contributed by atoms with Crippen LogP contribution in [-0.2, 0) is 0 Å². The van der Waals surface area contributed by atoms with Crippen LogP contribution in [0.3, 0.4) is 0 Å². The molecule has 0 atom stereocenters. The summed E-state index contributed by atoms with van der Waals surface area (Å²) in [5, 5.41) is 12.1. The molecule has 0 radical (unpaired) electrons. The van der Waals surface area contributed by atoms with Crippen molar-refractivity contribution in [1.82, 2.24) is 4.98 Å². The van der Waals surface area contributed by atoms with Crippen molar-refractivity contribution in [2.24, 2.45) is 5.92 Å². The van der Waals surface area contributed by atoms with Crippen molar-refractivity contribution in [3.63, 3.8) is 0 Å². The molecular formula is C11H14N2O2. The lowest BCUT2D eigenvalue weighted by Gasteiger charge is -2.26. The Hall–Kier alpha value is -1.58. The second-order valence-corrected chi connectivity index (χ2v) is 3.90. The van der Waals surface area contributed by atoms with E-state index in [2.05, 4.69) is 10.3 Å². The zero-order chi connectivity index (χ0) is 10.7. The van der Waals surface area contributed by atoms with E-state index in [4.69, 9.17) is 5.11 Å². The number of nitrogens with one attached hydrogen (secondary N) is 1. The standard InChI is InChI=1S/C11H14N2O2/c14-11(15)9-7-12-5-4-10(9)13-6-8-2-1-3-8/h4-5,7-8H,1-3,6H2,(H,12,13)(H,14,15). The zero-order valence-corrected chi connectivity index (χ0v) is 8.44. The number of nitrogens with zero attached hydrogens (tertiary/aromatic N) is 1. The number of hydrogen-bond acceptors (Lipinski definition) is 3. The summed E-state index contributed by atoms with van der Waals surface area (Å²) in [4.78, 5) is 14.7. The lowest BCUT2D eigenvalue weighted by Crippen LogP contribution is -2.21. The smallest absolute Gasteiger partial charge is 0.339 e. The minimum absolute atomic E-state index is 0.247. The fourth-order valence-electron chi connectivity index (χ4n) is 1.67. The molecule has 1 aliphatic carbocycles. The Morgan fingerprint density at radius 2 is 2.40 bits per heavy atom. The number of aromatic carboxylic acids is 1. The minimum Gasteiger partial charge on any atom is -0.478 e. The molecule has 0 bridgehead atoms. The Kier molecular flexibility index (Phi) is 2.85. The highest BCUT2D eigenvalue weighted by Crippen LogP contribution is 2.26. The molecule has 0 saturated heterocycles. The van der Waals surface area contributed by atoms with E-state index in [1.54, 1.807) is 12.3 Å². The quantitative estimate of drug-likeness (QED) is 0.790. The van der Waals surface area contributed by atoms with Crippen LogP contribution in [0.25, 0.3) is 0 Å². The average molecular weight is 206 g/mol. The first-order valence-electron chi connectivity index (χ1n) is 5.18. The predicted molar refractivity (Wildman–Crippen MR) is 57.0 cm³/mol. The molecule has 1 fully saturated rings. The predicted octanol–water partition coefficient (Wildman–Crippen LogP) is 1.99. The van der Waals surface area contributed by atoms with Gasteiger partial charge in [-0.3, -0.25) is 4.98 Å². The lowest BCUT2D eigenvalue weighted by atomic mass is 9.85. The minimum atomic E-state index is -0.931. The number of anilines is 1. The molecule has 1 aliphatic rings. The first-order valence-corrected chi connectivity index (χ1v) is 5.18. The molecule has 4 nitrogen and oxygen atoms in total. The van der Waals surface area contributed by atoms with Gasteiger partial charge in [-0.2, -0.15) is 0 Å². The molecule has 0 aromatic carbocycles. The van der Waals surface area contributed by atoms with Crippen molar-refractivity contribution >= 4 is 11.7 Å². The Balaban J connectivity index is 2.02. The molecule has 4 heteroatoms. The van der Waals surface area contributed by atoms with Crippen LogP contribution in [0.2, 0.25) is 0 Å². The zero-order valence-electron chi connectivity index (χ0n) is 8.44. The van der Waals surface area contributed by atoms with Gasteiger partial charge in [-0.15, -0.1) is 0 Å². The van der Waals surface area contributed by atoms with Crippen LogP contribution in [0, 0.1) is 5.92 Å². The molecule has 1 aromatic heterocycles. The molecule has 1 heterocycles. The van der Waals surface area contributed by atoms with Crippen molar-refractivity contribution < 1.29 is 9.90 Å². The van der Waals surface area contributed by atoms with Gasteiger partial charge in [0.1, 0.15) is 5.56 Å². The molecule has 0 aliphatic heterocycles. The van der Waals surface area contributed by atoms with E-state index in [0.717, 1.165) is 6.54 Å². The number of rotatable bonds is 4. The molecule has 80 valence electrons. The van der Waals surface area contributed by atoms with Crippen molar-refractivity contribution in [2.75, 3.05) is 11.9 Å². The number of pyridine rings is 1. The summed E-state index contributed by atoms with van der Waals surface area (Å²) in [7, 11) is 0. The van der Waals surface area contributed by atoms with Crippen molar-refractivity contribution in [3.05, 3.63) is 24.0 Å². The molecule has 0 amide bonds. The maximum absolute atomic E-state index is 10.9. The normalized spacial score (nSPS) is 15.7. The van der Waals surface area contributed by atoms with Crippen molar-refractivity contribution in [2.45, 2.75) is 19.3 Å². The van der Waals surface area contributed by atoms with Gasteiger partial charge in [0.2, 0.25) is 0 Å². The molecule has 2 N–H and O–H groups in total. The molecule has 1 aromatic rings. The second kappa shape index (κ2) is 4.29. The van der Waals surface area contributed by atoms with Crippen molar-refractivity contribution in [3.8, 4) is 0 Å². The van der Waals surface area contributed by atoms with Crippen LogP contribution < -0.4 is 5.32 Å². The van der Waals surface area contributed by atoms with E-state index in [1.165, 1.54) is 25.5 Å². The first kappa shape index (κ1) is 9.96. The lowest BCUT2D eigenvalue weighted by molar-refractivity contribution is 0.0697. The van der Waals surface area contributed by atoms with Gasteiger partial charge in [-0.05, 0) is 24.8 Å². The van der Waals surface area contributed by atoms with Gasteiger partial charge in [-0.1, -0.05) is 6.42 Å².